The van der Waals surface area contributed by atoms with E-state index in [0.717, 1.165) is 27.0 Å². The molecule has 1 aliphatic rings. The molecule has 0 bridgehead atoms. The van der Waals surface area contributed by atoms with E-state index in [1.54, 1.807) is 11.3 Å². The zero-order valence-electron chi connectivity index (χ0n) is 18.9. The predicted molar refractivity (Wildman–Crippen MR) is 135 cm³/mol. The highest BCUT2D eigenvalue weighted by Crippen LogP contribution is 2.25. The number of fused-ring (bicyclic) bond motifs is 1. The first-order valence-electron chi connectivity index (χ1n) is 11.7. The number of piperidine rings is 1. The second-order valence-corrected chi connectivity index (χ2v) is 9.72. The van der Waals surface area contributed by atoms with Crippen LogP contribution >= 0.6 is 11.3 Å². The summed E-state index contributed by atoms with van der Waals surface area (Å²) in [6, 6.07) is 25.7. The number of nitrogens with zero attached hydrogens (tertiary/aromatic N) is 2. The first kappa shape index (κ1) is 22.3. The normalized spacial score (nSPS) is 15.2. The summed E-state index contributed by atoms with van der Waals surface area (Å²) in [6.07, 6.45) is 1.79. The lowest BCUT2D eigenvalue weighted by Gasteiger charge is -2.32. The second-order valence-electron chi connectivity index (χ2n) is 8.69. The van der Waals surface area contributed by atoms with E-state index in [1.807, 2.05) is 83.1 Å². The summed E-state index contributed by atoms with van der Waals surface area (Å²) in [7, 11) is 0. The number of para-hydroxylation sites is 1. The minimum absolute atomic E-state index is 0.0224. The monoisotopic (exact) mass is 469 g/mol. The molecule has 6 heteroatoms. The maximum atomic E-state index is 13.3. The lowest BCUT2D eigenvalue weighted by molar-refractivity contribution is -0.135. The molecular weight excluding hydrogens is 442 g/mol. The lowest BCUT2D eigenvalue weighted by atomic mass is 9.94. The molecule has 172 valence electrons. The summed E-state index contributed by atoms with van der Waals surface area (Å²) < 4.78 is 0. The second kappa shape index (κ2) is 10.2. The number of hydrogen-bond donors (Lipinski definition) is 1. The maximum Gasteiger partial charge on any atom is 0.227 e. The molecule has 2 aromatic carbocycles. The Kier molecular flexibility index (Phi) is 6.67. The van der Waals surface area contributed by atoms with Crippen molar-refractivity contribution in [3.63, 3.8) is 0 Å². The molecule has 5 rings (SSSR count). The molecule has 1 saturated heterocycles. The molecule has 1 aliphatic heterocycles. The average Bonchev–Trinajstić information content (AvgIpc) is 3.40. The SMILES string of the molecule is O=C(NC(c1ccccc1)c1ccc2ccccc2n1)C1CCN(C(=O)Cc2cccs2)CC1. The fourth-order valence-electron chi connectivity index (χ4n) is 4.54. The molecule has 34 heavy (non-hydrogen) atoms. The van der Waals surface area contributed by atoms with Gasteiger partial charge in [-0.1, -0.05) is 60.7 Å². The molecule has 4 aromatic rings. The number of likely N-dealkylation sites (tertiary alicyclic amines) is 1. The number of pyridine rings is 1. The van der Waals surface area contributed by atoms with E-state index >= 15 is 0 Å². The van der Waals surface area contributed by atoms with Gasteiger partial charge < -0.3 is 10.2 Å². The third-order valence-corrected chi connectivity index (χ3v) is 7.34. The van der Waals surface area contributed by atoms with Gasteiger partial charge in [-0.05, 0) is 42.0 Å². The third-order valence-electron chi connectivity index (χ3n) is 6.46. The highest BCUT2D eigenvalue weighted by Gasteiger charge is 2.29. The minimum Gasteiger partial charge on any atom is -0.343 e. The maximum absolute atomic E-state index is 13.3. The number of amides is 2. The Balaban J connectivity index is 1.28. The van der Waals surface area contributed by atoms with E-state index in [0.29, 0.717) is 32.4 Å². The van der Waals surface area contributed by atoms with Gasteiger partial charge in [0.15, 0.2) is 0 Å². The van der Waals surface area contributed by atoms with Gasteiger partial charge in [-0.25, -0.2) is 0 Å². The van der Waals surface area contributed by atoms with Crippen molar-refractivity contribution in [2.24, 2.45) is 5.92 Å². The zero-order chi connectivity index (χ0) is 23.3. The molecule has 0 spiro atoms. The Bertz CT molecular complexity index is 1270. The van der Waals surface area contributed by atoms with Crippen molar-refractivity contribution in [1.29, 1.82) is 0 Å². The summed E-state index contributed by atoms with van der Waals surface area (Å²) in [6.45, 7) is 1.24. The fraction of sp³-hybridized carbons (Fsp3) is 0.250. The lowest BCUT2D eigenvalue weighted by Crippen LogP contribution is -2.44. The number of nitrogens with one attached hydrogen (secondary N) is 1. The van der Waals surface area contributed by atoms with Crippen molar-refractivity contribution in [1.82, 2.24) is 15.2 Å². The van der Waals surface area contributed by atoms with E-state index in [4.69, 9.17) is 4.98 Å². The van der Waals surface area contributed by atoms with Crippen molar-refractivity contribution < 1.29 is 9.59 Å². The summed E-state index contributed by atoms with van der Waals surface area (Å²) >= 11 is 1.61. The number of thiophene rings is 1. The Labute approximate surface area is 203 Å². The van der Waals surface area contributed by atoms with Gasteiger partial charge in [-0.3, -0.25) is 14.6 Å². The van der Waals surface area contributed by atoms with Gasteiger partial charge in [0.05, 0.1) is 23.7 Å². The molecule has 1 N–H and O–H groups in total. The van der Waals surface area contributed by atoms with E-state index < -0.39 is 0 Å². The van der Waals surface area contributed by atoms with E-state index in [9.17, 15) is 9.59 Å². The zero-order valence-corrected chi connectivity index (χ0v) is 19.7. The molecule has 2 amide bonds. The van der Waals surface area contributed by atoms with Gasteiger partial charge in [-0.2, -0.15) is 0 Å². The van der Waals surface area contributed by atoms with E-state index in [-0.39, 0.29) is 23.8 Å². The summed E-state index contributed by atoms with van der Waals surface area (Å²) in [5.41, 5.74) is 2.73. The number of aromatic nitrogens is 1. The Hall–Kier alpha value is -3.51. The molecule has 3 heterocycles. The topological polar surface area (TPSA) is 62.3 Å². The quantitative estimate of drug-likeness (QED) is 0.433. The van der Waals surface area contributed by atoms with Gasteiger partial charge in [0.1, 0.15) is 0 Å². The van der Waals surface area contributed by atoms with Gasteiger partial charge in [0, 0.05) is 29.3 Å². The smallest absolute Gasteiger partial charge is 0.227 e. The van der Waals surface area contributed by atoms with Crippen molar-refractivity contribution in [2.75, 3.05) is 13.1 Å². The Morgan fingerprint density at radius 2 is 1.71 bits per heavy atom. The molecular formula is C28H27N3O2S. The van der Waals surface area contributed by atoms with Gasteiger partial charge in [-0.15, -0.1) is 11.3 Å². The molecule has 0 aliphatic carbocycles. The van der Waals surface area contributed by atoms with Crippen LogP contribution in [0, 0.1) is 5.92 Å². The predicted octanol–water partition coefficient (Wildman–Crippen LogP) is 4.98. The average molecular weight is 470 g/mol. The van der Waals surface area contributed by atoms with Crippen molar-refractivity contribution in [3.8, 4) is 0 Å². The molecule has 0 saturated carbocycles. The first-order valence-corrected chi connectivity index (χ1v) is 12.6. The van der Waals surface area contributed by atoms with Crippen LogP contribution in [0.2, 0.25) is 0 Å². The summed E-state index contributed by atoms with van der Waals surface area (Å²) in [4.78, 5) is 33.8. The number of benzene rings is 2. The van der Waals surface area contributed by atoms with E-state index in [1.165, 1.54) is 0 Å². The van der Waals surface area contributed by atoms with Crippen LogP contribution in [0.3, 0.4) is 0 Å². The van der Waals surface area contributed by atoms with Crippen molar-refractivity contribution >= 4 is 34.1 Å². The van der Waals surface area contributed by atoms with Crippen LogP contribution in [0.4, 0.5) is 0 Å². The van der Waals surface area contributed by atoms with Crippen LogP contribution in [0.5, 0.6) is 0 Å². The molecule has 1 unspecified atom stereocenters. The van der Waals surface area contributed by atoms with Crippen LogP contribution < -0.4 is 5.32 Å². The first-order chi connectivity index (χ1) is 16.7. The molecule has 2 aromatic heterocycles. The molecule has 0 radical (unpaired) electrons. The third kappa shape index (κ3) is 5.02. The fourth-order valence-corrected chi connectivity index (χ4v) is 5.24. The summed E-state index contributed by atoms with van der Waals surface area (Å²) in [5.74, 6) is 0.0513. The molecule has 1 fully saturated rings. The highest BCUT2D eigenvalue weighted by atomic mass is 32.1. The van der Waals surface area contributed by atoms with Crippen LogP contribution in [0.1, 0.15) is 35.0 Å². The molecule has 1 atom stereocenters. The minimum atomic E-state index is -0.322. The van der Waals surface area contributed by atoms with Crippen LogP contribution in [-0.2, 0) is 16.0 Å². The Morgan fingerprint density at radius 3 is 2.47 bits per heavy atom. The largest absolute Gasteiger partial charge is 0.343 e. The van der Waals surface area contributed by atoms with Crippen LogP contribution in [0.15, 0.2) is 84.2 Å². The number of rotatable bonds is 6. The van der Waals surface area contributed by atoms with Gasteiger partial charge in [0.2, 0.25) is 11.8 Å². The van der Waals surface area contributed by atoms with E-state index in [2.05, 4.69) is 11.4 Å². The number of hydrogen-bond acceptors (Lipinski definition) is 4. The van der Waals surface area contributed by atoms with Gasteiger partial charge >= 0.3 is 0 Å². The summed E-state index contributed by atoms with van der Waals surface area (Å²) in [5, 5.41) is 6.33. The number of carbonyl (C=O) groups is 2. The Morgan fingerprint density at radius 1 is 0.941 bits per heavy atom. The van der Waals surface area contributed by atoms with Crippen LogP contribution in [0.25, 0.3) is 10.9 Å². The number of carbonyl (C=O) groups excluding carboxylic acids is 2. The van der Waals surface area contributed by atoms with Crippen molar-refractivity contribution in [2.45, 2.75) is 25.3 Å². The molecule has 5 nitrogen and oxygen atoms in total. The highest BCUT2D eigenvalue weighted by molar-refractivity contribution is 7.10. The van der Waals surface area contributed by atoms with Crippen molar-refractivity contribution in [3.05, 3.63) is 100 Å². The van der Waals surface area contributed by atoms with Gasteiger partial charge in [0.25, 0.3) is 0 Å². The standard InChI is InChI=1S/C28H27N3O2S/c32-26(19-23-10-6-18-34-23)31-16-14-22(15-17-31)28(33)30-27(21-8-2-1-3-9-21)25-13-12-20-7-4-5-11-24(20)29-25/h1-13,18,22,27H,14-17,19H2,(H,30,33). The van der Waals surface area contributed by atoms with Crippen LogP contribution in [-0.4, -0.2) is 34.8 Å².